The number of allylic oxidation sites excluding steroid dienone is 2. The van der Waals surface area contributed by atoms with Gasteiger partial charge in [0.05, 0.1) is 6.61 Å². The lowest BCUT2D eigenvalue weighted by Gasteiger charge is -2.57. The first-order chi connectivity index (χ1) is 15.4. The molecule has 4 nitrogen and oxygen atoms in total. The molecule has 3 aliphatic rings. The van der Waals surface area contributed by atoms with E-state index < -0.39 is 0 Å². The number of fused-ring (bicyclic) bond motifs is 3. The summed E-state index contributed by atoms with van der Waals surface area (Å²) in [6, 6.07) is 3.88. The van der Waals surface area contributed by atoms with Gasteiger partial charge in [0.2, 0.25) is 0 Å². The first-order valence-corrected chi connectivity index (χ1v) is 12.6. The van der Waals surface area contributed by atoms with Gasteiger partial charge in [0.1, 0.15) is 12.9 Å². The van der Waals surface area contributed by atoms with E-state index in [2.05, 4.69) is 25.8 Å². The summed E-state index contributed by atoms with van der Waals surface area (Å²) >= 11 is 0. The number of rotatable bonds is 8. The molecule has 3 aliphatic carbocycles. The van der Waals surface area contributed by atoms with Crippen LogP contribution in [0.1, 0.15) is 85.1 Å². The summed E-state index contributed by atoms with van der Waals surface area (Å²) in [4.78, 5) is 28.7. The zero-order valence-electron chi connectivity index (χ0n) is 20.0. The average Bonchev–Trinajstić information content (AvgIpc) is 3.14. The van der Waals surface area contributed by atoms with Crippen molar-refractivity contribution in [1.82, 2.24) is 4.98 Å². The summed E-state index contributed by atoms with van der Waals surface area (Å²) in [5.41, 5.74) is 2.60. The Hall–Kier alpha value is -1.81. The summed E-state index contributed by atoms with van der Waals surface area (Å²) < 4.78 is 5.80. The lowest BCUT2D eigenvalue weighted by atomic mass is 9.47. The first-order valence-electron chi connectivity index (χ1n) is 12.6. The summed E-state index contributed by atoms with van der Waals surface area (Å²) in [5, 5.41) is 0. The van der Waals surface area contributed by atoms with Crippen LogP contribution in [0.4, 0.5) is 0 Å². The highest BCUT2D eigenvalue weighted by Gasteiger charge is 2.59. The van der Waals surface area contributed by atoms with Crippen molar-refractivity contribution in [3.8, 4) is 0 Å². The number of aromatic nitrogens is 1. The topological polar surface area (TPSA) is 56.3 Å². The van der Waals surface area contributed by atoms with E-state index >= 15 is 0 Å². The molecule has 0 spiro atoms. The molecule has 3 fully saturated rings. The molecule has 0 N–H and O–H groups in total. The second-order valence-corrected chi connectivity index (χ2v) is 10.9. The Morgan fingerprint density at radius 2 is 2.03 bits per heavy atom. The Kier molecular flexibility index (Phi) is 8.31. The minimum atomic E-state index is 0. The number of pyridine rings is 1. The Balaban J connectivity index is 0.00000306. The molecule has 0 radical (unpaired) electrons. The summed E-state index contributed by atoms with van der Waals surface area (Å²) in [6.45, 7) is 7.71. The van der Waals surface area contributed by atoms with E-state index in [0.717, 1.165) is 50.4 Å². The molecule has 0 aliphatic heterocycles. The van der Waals surface area contributed by atoms with Gasteiger partial charge < -0.3 is 4.74 Å². The van der Waals surface area contributed by atoms with Crippen LogP contribution in [0.3, 0.4) is 0 Å². The zero-order chi connectivity index (χ0) is 22.8. The number of ketones is 1. The number of carbonyl (C=O) groups excluding carboxylic acids is 2. The van der Waals surface area contributed by atoms with Crippen molar-refractivity contribution >= 4 is 12.1 Å². The Morgan fingerprint density at radius 1 is 1.21 bits per heavy atom. The van der Waals surface area contributed by atoms with Crippen LogP contribution in [-0.4, -0.2) is 23.7 Å². The van der Waals surface area contributed by atoms with Crippen molar-refractivity contribution < 1.29 is 14.3 Å². The van der Waals surface area contributed by atoms with Gasteiger partial charge in [0, 0.05) is 18.3 Å². The molecule has 1 heterocycles. The second-order valence-electron chi connectivity index (χ2n) is 10.9. The first kappa shape index (κ1) is 25.8. The van der Waals surface area contributed by atoms with Crippen LogP contribution in [0, 0.1) is 34.5 Å². The zero-order valence-corrected chi connectivity index (χ0v) is 20.0. The van der Waals surface area contributed by atoms with Gasteiger partial charge in [-0.25, -0.2) is 0 Å². The molecule has 182 valence electrons. The number of nitrogens with zero attached hydrogens (tertiary/aromatic N) is 1. The van der Waals surface area contributed by atoms with Crippen molar-refractivity contribution in [2.24, 2.45) is 34.5 Å². The summed E-state index contributed by atoms with van der Waals surface area (Å²) in [6.07, 6.45) is 15.4. The maximum atomic E-state index is 13.2. The molecule has 0 aromatic carbocycles. The average molecular weight is 454 g/mol. The van der Waals surface area contributed by atoms with Crippen LogP contribution in [0.25, 0.3) is 0 Å². The van der Waals surface area contributed by atoms with Gasteiger partial charge in [-0.1, -0.05) is 46.3 Å². The Morgan fingerprint density at radius 3 is 2.73 bits per heavy atom. The largest absolute Gasteiger partial charge is 0.369 e. The fourth-order valence-electron chi connectivity index (χ4n) is 7.93. The smallest absolute Gasteiger partial charge is 0.162 e. The monoisotopic (exact) mass is 453 g/mol. The van der Waals surface area contributed by atoms with Crippen LogP contribution in [0.2, 0.25) is 0 Å². The van der Waals surface area contributed by atoms with Gasteiger partial charge in [0.25, 0.3) is 0 Å². The third-order valence-electron chi connectivity index (χ3n) is 9.40. The number of aldehydes is 1. The molecular formula is C29H43NO3. The summed E-state index contributed by atoms with van der Waals surface area (Å²) in [5.74, 6) is 2.32. The molecule has 6 atom stereocenters. The lowest BCUT2D eigenvalue weighted by molar-refractivity contribution is -0.135. The molecule has 0 amide bonds. The fourth-order valence-corrected chi connectivity index (χ4v) is 7.93. The normalized spacial score (nSPS) is 36.5. The number of carbonyl (C=O) groups is 2. The Labute approximate surface area is 200 Å². The van der Waals surface area contributed by atoms with E-state index in [9.17, 15) is 9.59 Å². The van der Waals surface area contributed by atoms with Gasteiger partial charge >= 0.3 is 0 Å². The molecule has 0 saturated heterocycles. The number of hydrogen-bond donors (Lipinski definition) is 0. The Bertz CT molecular complexity index is 850. The molecule has 1 aromatic heterocycles. The predicted octanol–water partition coefficient (Wildman–Crippen LogP) is 6.59. The van der Waals surface area contributed by atoms with E-state index in [1.165, 1.54) is 18.4 Å². The SMILES string of the molecule is C.CCCC1(C)/C(=C\C=O)CCC2C1CCC1(C)C(C(=O)COCc3cccnc3)CCC21. The van der Waals surface area contributed by atoms with E-state index in [-0.39, 0.29) is 36.6 Å². The molecule has 3 saturated carbocycles. The highest BCUT2D eigenvalue weighted by atomic mass is 16.5. The molecule has 0 bridgehead atoms. The van der Waals surface area contributed by atoms with Crippen molar-refractivity contribution in [3.63, 3.8) is 0 Å². The highest BCUT2D eigenvalue weighted by Crippen LogP contribution is 2.66. The number of hydrogen-bond acceptors (Lipinski definition) is 4. The molecular weight excluding hydrogens is 410 g/mol. The lowest BCUT2D eigenvalue weighted by Crippen LogP contribution is -2.50. The third-order valence-corrected chi connectivity index (χ3v) is 9.40. The second kappa shape index (κ2) is 10.6. The van der Waals surface area contributed by atoms with Crippen LogP contribution >= 0.6 is 0 Å². The standard InChI is InChI=1S/C28H39NO3.CH4/c1-4-13-27(2)21(12-16-30)7-8-22-23-9-10-25(28(23,3)14-11-24(22)27)26(31)19-32-18-20-6-5-15-29-17-20;/h5-6,12,15-17,22-25H,4,7-11,13-14,18-19H2,1-3H3;1H4/b21-12-;. The van der Waals surface area contributed by atoms with E-state index in [1.54, 1.807) is 12.4 Å². The van der Waals surface area contributed by atoms with Gasteiger partial charge in [-0.05, 0) is 91.2 Å². The predicted molar refractivity (Wildman–Crippen MR) is 133 cm³/mol. The third kappa shape index (κ3) is 4.73. The molecule has 33 heavy (non-hydrogen) atoms. The van der Waals surface area contributed by atoms with Crippen LogP contribution in [0.5, 0.6) is 0 Å². The maximum Gasteiger partial charge on any atom is 0.162 e. The minimum absolute atomic E-state index is 0. The van der Waals surface area contributed by atoms with Crippen molar-refractivity contribution in [3.05, 3.63) is 41.7 Å². The van der Waals surface area contributed by atoms with Gasteiger partial charge in [-0.3, -0.25) is 14.6 Å². The van der Waals surface area contributed by atoms with E-state index in [4.69, 9.17) is 4.74 Å². The van der Waals surface area contributed by atoms with Crippen molar-refractivity contribution in [2.45, 2.75) is 86.2 Å². The quantitative estimate of drug-likeness (QED) is 0.329. The van der Waals surface area contributed by atoms with Gasteiger partial charge in [-0.15, -0.1) is 0 Å². The van der Waals surface area contributed by atoms with Crippen LogP contribution in [0.15, 0.2) is 36.2 Å². The van der Waals surface area contributed by atoms with Crippen molar-refractivity contribution in [2.75, 3.05) is 6.61 Å². The van der Waals surface area contributed by atoms with Crippen LogP contribution in [-0.2, 0) is 20.9 Å². The fraction of sp³-hybridized carbons (Fsp3) is 0.690. The maximum absolute atomic E-state index is 13.2. The number of ether oxygens (including phenoxy) is 1. The molecule has 4 heteroatoms. The highest BCUT2D eigenvalue weighted by molar-refractivity contribution is 5.83. The van der Waals surface area contributed by atoms with Crippen LogP contribution < -0.4 is 0 Å². The van der Waals surface area contributed by atoms with Gasteiger partial charge in [0.15, 0.2) is 5.78 Å². The number of Topliss-reactive ketones (excluding diaryl/α,β-unsaturated/α-hetero) is 1. The summed E-state index contributed by atoms with van der Waals surface area (Å²) in [7, 11) is 0. The molecule has 6 unspecified atom stereocenters. The van der Waals surface area contributed by atoms with Gasteiger partial charge in [-0.2, -0.15) is 0 Å². The molecule has 1 aromatic rings. The van der Waals surface area contributed by atoms with Crippen molar-refractivity contribution in [1.29, 1.82) is 0 Å². The van der Waals surface area contributed by atoms with E-state index in [1.807, 2.05) is 18.2 Å². The molecule has 4 rings (SSSR count). The minimum Gasteiger partial charge on any atom is -0.369 e. The van der Waals surface area contributed by atoms with E-state index in [0.29, 0.717) is 24.4 Å².